The summed E-state index contributed by atoms with van der Waals surface area (Å²) in [6.07, 6.45) is -1.29. The quantitative estimate of drug-likeness (QED) is 0.687. The Morgan fingerprint density at radius 3 is 2.44 bits per heavy atom. The Labute approximate surface area is 151 Å². The highest BCUT2D eigenvalue weighted by Crippen LogP contribution is 2.27. The Balaban J connectivity index is 1.73. The van der Waals surface area contributed by atoms with Crippen LogP contribution in [-0.4, -0.2) is 18.0 Å². The molecule has 0 unspecified atom stereocenters. The second kappa shape index (κ2) is 7.14. The van der Waals surface area contributed by atoms with Crippen molar-refractivity contribution < 1.29 is 31.9 Å². The van der Waals surface area contributed by atoms with E-state index in [2.05, 4.69) is 5.32 Å². The van der Waals surface area contributed by atoms with Crippen LogP contribution in [-0.2, 0) is 9.53 Å². The first kappa shape index (κ1) is 18.5. The van der Waals surface area contributed by atoms with E-state index in [0.717, 1.165) is 12.1 Å². The van der Waals surface area contributed by atoms with Crippen molar-refractivity contribution in [2.24, 2.45) is 0 Å². The average molecular weight is 377 g/mol. The van der Waals surface area contributed by atoms with E-state index in [4.69, 9.17) is 9.15 Å². The van der Waals surface area contributed by atoms with Crippen LogP contribution < -0.4 is 5.32 Å². The molecule has 0 aliphatic carbocycles. The summed E-state index contributed by atoms with van der Waals surface area (Å²) in [5.41, 5.74) is 0.415. The number of hydrogen-bond donors (Lipinski definition) is 1. The Hall–Kier alpha value is -3.29. The van der Waals surface area contributed by atoms with Crippen molar-refractivity contribution in [2.45, 2.75) is 20.0 Å². The zero-order chi connectivity index (χ0) is 19.7. The summed E-state index contributed by atoms with van der Waals surface area (Å²) >= 11 is 0. The minimum atomic E-state index is -1.29. The molecule has 0 aliphatic rings. The highest BCUT2D eigenvalue weighted by molar-refractivity contribution is 5.99. The first-order valence-corrected chi connectivity index (χ1v) is 7.92. The van der Waals surface area contributed by atoms with E-state index in [9.17, 15) is 22.8 Å². The van der Waals surface area contributed by atoms with Gasteiger partial charge in [0.25, 0.3) is 5.91 Å². The molecule has 8 heteroatoms. The number of carbonyl (C=O) groups is 2. The molecule has 3 rings (SSSR count). The fraction of sp³-hybridized carbons (Fsp3) is 0.158. The standard InChI is InChI=1S/C19H14F3NO4/c1-9-13-7-11(20)4-6-16(13)27-17(9)19(25)26-10(2)18(24)23-15-5-3-12(21)8-14(15)22/h3-8,10H,1-2H3,(H,23,24)/t10-/m0/s1. The molecule has 1 N–H and O–H groups in total. The lowest BCUT2D eigenvalue weighted by molar-refractivity contribution is -0.123. The number of amides is 1. The van der Waals surface area contributed by atoms with Gasteiger partial charge in [0.05, 0.1) is 5.69 Å². The molecule has 5 nitrogen and oxygen atoms in total. The highest BCUT2D eigenvalue weighted by atomic mass is 19.1. The molecule has 0 aliphatic heterocycles. The Morgan fingerprint density at radius 2 is 1.74 bits per heavy atom. The van der Waals surface area contributed by atoms with Crippen LogP contribution >= 0.6 is 0 Å². The molecule has 1 heterocycles. The van der Waals surface area contributed by atoms with Crippen LogP contribution in [0.2, 0.25) is 0 Å². The maximum atomic E-state index is 13.6. The van der Waals surface area contributed by atoms with E-state index in [0.29, 0.717) is 22.6 Å². The SMILES string of the molecule is Cc1c(C(=O)O[C@@H](C)C(=O)Nc2ccc(F)cc2F)oc2ccc(F)cc12. The van der Waals surface area contributed by atoms with Crippen molar-refractivity contribution in [3.05, 3.63) is 65.2 Å². The van der Waals surface area contributed by atoms with Crippen LogP contribution in [0.1, 0.15) is 23.0 Å². The van der Waals surface area contributed by atoms with Crippen molar-refractivity contribution in [1.82, 2.24) is 0 Å². The van der Waals surface area contributed by atoms with Gasteiger partial charge in [-0.1, -0.05) is 0 Å². The number of carbonyl (C=O) groups excluding carboxylic acids is 2. The van der Waals surface area contributed by atoms with E-state index < -0.39 is 35.4 Å². The van der Waals surface area contributed by atoms with Crippen LogP contribution in [0.4, 0.5) is 18.9 Å². The first-order chi connectivity index (χ1) is 12.8. The van der Waals surface area contributed by atoms with Gasteiger partial charge in [0, 0.05) is 17.0 Å². The van der Waals surface area contributed by atoms with E-state index in [1.807, 2.05) is 0 Å². The van der Waals surface area contributed by atoms with Crippen molar-refractivity contribution in [3.8, 4) is 0 Å². The van der Waals surface area contributed by atoms with Gasteiger partial charge in [-0.3, -0.25) is 4.79 Å². The van der Waals surface area contributed by atoms with Gasteiger partial charge in [-0.2, -0.15) is 0 Å². The Kier molecular flexibility index (Phi) is 4.89. The van der Waals surface area contributed by atoms with Gasteiger partial charge in [-0.05, 0) is 44.2 Å². The van der Waals surface area contributed by atoms with Gasteiger partial charge in [-0.25, -0.2) is 18.0 Å². The topological polar surface area (TPSA) is 68.5 Å². The predicted molar refractivity (Wildman–Crippen MR) is 90.8 cm³/mol. The fourth-order valence-electron chi connectivity index (χ4n) is 2.48. The molecule has 0 saturated carbocycles. The van der Waals surface area contributed by atoms with E-state index in [-0.39, 0.29) is 11.4 Å². The van der Waals surface area contributed by atoms with Crippen LogP contribution in [0, 0.1) is 24.4 Å². The molecular formula is C19H14F3NO4. The summed E-state index contributed by atoms with van der Waals surface area (Å²) in [6.45, 7) is 2.84. The smallest absolute Gasteiger partial charge is 0.375 e. The highest BCUT2D eigenvalue weighted by Gasteiger charge is 2.25. The second-order valence-electron chi connectivity index (χ2n) is 5.86. The third-order valence-electron chi connectivity index (χ3n) is 3.93. The third kappa shape index (κ3) is 3.79. The fourth-order valence-corrected chi connectivity index (χ4v) is 2.48. The number of furan rings is 1. The van der Waals surface area contributed by atoms with Gasteiger partial charge in [0.15, 0.2) is 6.10 Å². The maximum absolute atomic E-state index is 13.6. The first-order valence-electron chi connectivity index (χ1n) is 7.92. The minimum absolute atomic E-state index is 0.164. The minimum Gasteiger partial charge on any atom is -0.449 e. The maximum Gasteiger partial charge on any atom is 0.375 e. The second-order valence-corrected chi connectivity index (χ2v) is 5.86. The number of ether oxygens (including phenoxy) is 1. The molecule has 0 spiro atoms. The van der Waals surface area contributed by atoms with Crippen molar-refractivity contribution in [1.29, 1.82) is 0 Å². The average Bonchev–Trinajstić information content (AvgIpc) is 2.93. The zero-order valence-corrected chi connectivity index (χ0v) is 14.3. The molecule has 2 aromatic carbocycles. The molecule has 0 radical (unpaired) electrons. The molecule has 27 heavy (non-hydrogen) atoms. The lowest BCUT2D eigenvalue weighted by Crippen LogP contribution is -2.30. The predicted octanol–water partition coefficient (Wildman–Crippen LogP) is 4.34. The lowest BCUT2D eigenvalue weighted by atomic mass is 10.1. The zero-order valence-electron chi connectivity index (χ0n) is 14.3. The van der Waals surface area contributed by atoms with Gasteiger partial charge >= 0.3 is 5.97 Å². The molecule has 0 fully saturated rings. The van der Waals surface area contributed by atoms with Gasteiger partial charge in [0.2, 0.25) is 5.76 Å². The normalized spacial score (nSPS) is 12.0. The summed E-state index contributed by atoms with van der Waals surface area (Å²) < 4.78 is 50.2. The number of hydrogen-bond acceptors (Lipinski definition) is 4. The summed E-state index contributed by atoms with van der Waals surface area (Å²) in [5, 5.41) is 2.61. The van der Waals surface area contributed by atoms with E-state index >= 15 is 0 Å². The van der Waals surface area contributed by atoms with Crippen LogP contribution in [0.3, 0.4) is 0 Å². The number of nitrogens with one attached hydrogen (secondary N) is 1. The molecule has 1 aromatic heterocycles. The molecular weight excluding hydrogens is 363 g/mol. The Bertz CT molecular complexity index is 1040. The number of anilines is 1. The number of aryl methyl sites for hydroxylation is 1. The monoisotopic (exact) mass is 377 g/mol. The molecule has 0 saturated heterocycles. The summed E-state index contributed by atoms with van der Waals surface area (Å²) in [6, 6.07) is 6.43. The molecule has 3 aromatic rings. The summed E-state index contributed by atoms with van der Waals surface area (Å²) in [7, 11) is 0. The number of fused-ring (bicyclic) bond motifs is 1. The van der Waals surface area contributed by atoms with E-state index in [1.165, 1.54) is 25.1 Å². The van der Waals surface area contributed by atoms with Crippen molar-refractivity contribution in [3.63, 3.8) is 0 Å². The number of esters is 1. The Morgan fingerprint density at radius 1 is 1.07 bits per heavy atom. The number of benzene rings is 2. The molecule has 1 amide bonds. The van der Waals surface area contributed by atoms with Crippen LogP contribution in [0.5, 0.6) is 0 Å². The largest absolute Gasteiger partial charge is 0.449 e. The van der Waals surface area contributed by atoms with Gasteiger partial charge in [-0.15, -0.1) is 0 Å². The van der Waals surface area contributed by atoms with E-state index in [1.54, 1.807) is 6.92 Å². The van der Waals surface area contributed by atoms with Gasteiger partial charge in [0.1, 0.15) is 23.0 Å². The molecule has 140 valence electrons. The van der Waals surface area contributed by atoms with Crippen molar-refractivity contribution >= 4 is 28.5 Å². The van der Waals surface area contributed by atoms with Gasteiger partial charge < -0.3 is 14.5 Å². The van der Waals surface area contributed by atoms with Crippen LogP contribution in [0.15, 0.2) is 40.8 Å². The number of halogens is 3. The lowest BCUT2D eigenvalue weighted by Gasteiger charge is -2.13. The van der Waals surface area contributed by atoms with Crippen molar-refractivity contribution in [2.75, 3.05) is 5.32 Å². The number of rotatable bonds is 4. The molecule has 0 bridgehead atoms. The van der Waals surface area contributed by atoms with Crippen LogP contribution in [0.25, 0.3) is 11.0 Å². The molecule has 1 atom stereocenters. The summed E-state index contributed by atoms with van der Waals surface area (Å²) in [5.74, 6) is -4.14. The third-order valence-corrected chi connectivity index (χ3v) is 3.93. The summed E-state index contributed by atoms with van der Waals surface area (Å²) in [4.78, 5) is 24.4.